The Morgan fingerprint density at radius 2 is 2.11 bits per heavy atom. The minimum absolute atomic E-state index is 0.0999. The van der Waals surface area contributed by atoms with Gasteiger partial charge in [0.2, 0.25) is 5.91 Å². The van der Waals surface area contributed by atoms with Crippen molar-refractivity contribution in [2.24, 2.45) is 11.7 Å². The Hall–Kier alpha value is -1.49. The van der Waals surface area contributed by atoms with Crippen molar-refractivity contribution in [3.63, 3.8) is 0 Å². The summed E-state index contributed by atoms with van der Waals surface area (Å²) in [5.74, 6) is -2.08. The molecule has 3 N–H and O–H groups in total. The van der Waals surface area contributed by atoms with E-state index in [0.29, 0.717) is 5.56 Å². The van der Waals surface area contributed by atoms with Crippen LogP contribution in [0.1, 0.15) is 37.8 Å². The van der Waals surface area contributed by atoms with E-state index in [-0.39, 0.29) is 23.9 Å². The van der Waals surface area contributed by atoms with Crippen LogP contribution in [0.2, 0.25) is 0 Å². The van der Waals surface area contributed by atoms with Gasteiger partial charge in [0.25, 0.3) is 0 Å². The fraction of sp³-hybridized carbons (Fsp3) is 0.500. The summed E-state index contributed by atoms with van der Waals surface area (Å²) in [5.41, 5.74) is 6.41. The number of amides is 1. The summed E-state index contributed by atoms with van der Waals surface area (Å²) in [6, 6.07) is 3.18. The lowest BCUT2D eigenvalue weighted by atomic mass is 10.0. The van der Waals surface area contributed by atoms with E-state index in [0.717, 1.165) is 31.4 Å². The third-order valence-electron chi connectivity index (χ3n) is 3.71. The lowest BCUT2D eigenvalue weighted by Crippen LogP contribution is -2.39. The minimum Gasteiger partial charge on any atom is -0.349 e. The maximum absolute atomic E-state index is 13.1. The Labute approximate surface area is 111 Å². The lowest BCUT2D eigenvalue weighted by molar-refractivity contribution is -0.125. The van der Waals surface area contributed by atoms with Gasteiger partial charge in [-0.1, -0.05) is 12.5 Å². The zero-order chi connectivity index (χ0) is 14.0. The van der Waals surface area contributed by atoms with Gasteiger partial charge in [0, 0.05) is 6.04 Å². The van der Waals surface area contributed by atoms with E-state index < -0.39 is 11.6 Å². The van der Waals surface area contributed by atoms with Crippen LogP contribution in [0.4, 0.5) is 8.78 Å². The first-order valence-electron chi connectivity index (χ1n) is 6.50. The Morgan fingerprint density at radius 3 is 2.68 bits per heavy atom. The topological polar surface area (TPSA) is 55.1 Å². The number of benzene rings is 1. The largest absolute Gasteiger partial charge is 0.349 e. The SMILES string of the molecule is CC(NC(=O)C1CCCC1N)c1ccc(F)c(F)c1. The third kappa shape index (κ3) is 3.10. The molecule has 5 heteroatoms. The van der Waals surface area contributed by atoms with Crippen LogP contribution in [0.25, 0.3) is 0 Å². The quantitative estimate of drug-likeness (QED) is 0.883. The average molecular weight is 268 g/mol. The molecule has 2 rings (SSSR count). The third-order valence-corrected chi connectivity index (χ3v) is 3.71. The van der Waals surface area contributed by atoms with Gasteiger partial charge in [0.05, 0.1) is 12.0 Å². The van der Waals surface area contributed by atoms with Gasteiger partial charge in [-0.05, 0) is 37.5 Å². The summed E-state index contributed by atoms with van der Waals surface area (Å²) in [7, 11) is 0. The Kier molecular flexibility index (Phi) is 4.14. The van der Waals surface area contributed by atoms with Gasteiger partial charge in [-0.25, -0.2) is 8.78 Å². The number of rotatable bonds is 3. The first kappa shape index (κ1) is 13.9. The Bertz CT molecular complexity index is 479. The molecule has 1 aromatic carbocycles. The number of carbonyl (C=O) groups is 1. The number of halogens is 2. The molecule has 3 atom stereocenters. The van der Waals surface area contributed by atoms with E-state index in [9.17, 15) is 13.6 Å². The molecule has 1 aliphatic rings. The van der Waals surface area contributed by atoms with E-state index in [1.807, 2.05) is 0 Å². The maximum atomic E-state index is 13.1. The molecule has 0 aliphatic heterocycles. The number of nitrogens with two attached hydrogens (primary N) is 1. The van der Waals surface area contributed by atoms with Gasteiger partial charge in [0.1, 0.15) is 0 Å². The van der Waals surface area contributed by atoms with E-state index in [2.05, 4.69) is 5.32 Å². The second-order valence-electron chi connectivity index (χ2n) is 5.11. The monoisotopic (exact) mass is 268 g/mol. The van der Waals surface area contributed by atoms with Gasteiger partial charge >= 0.3 is 0 Å². The van der Waals surface area contributed by atoms with Crippen LogP contribution in [0.15, 0.2) is 18.2 Å². The van der Waals surface area contributed by atoms with Crippen LogP contribution in [-0.4, -0.2) is 11.9 Å². The van der Waals surface area contributed by atoms with Gasteiger partial charge in [-0.2, -0.15) is 0 Å². The molecule has 0 aromatic heterocycles. The van der Waals surface area contributed by atoms with E-state index >= 15 is 0 Å². The Balaban J connectivity index is 2.02. The molecule has 1 aliphatic carbocycles. The summed E-state index contributed by atoms with van der Waals surface area (Å²) in [6.07, 6.45) is 2.61. The number of carbonyl (C=O) groups excluding carboxylic acids is 1. The highest BCUT2D eigenvalue weighted by molar-refractivity contribution is 5.80. The predicted molar refractivity (Wildman–Crippen MR) is 68.2 cm³/mol. The molecule has 0 saturated heterocycles. The molecule has 1 aromatic rings. The normalized spacial score (nSPS) is 24.2. The first-order chi connectivity index (χ1) is 8.99. The van der Waals surface area contributed by atoms with Crippen molar-refractivity contribution in [3.8, 4) is 0 Å². The first-order valence-corrected chi connectivity index (χ1v) is 6.50. The minimum atomic E-state index is -0.906. The van der Waals surface area contributed by atoms with Crippen LogP contribution in [0, 0.1) is 17.6 Å². The smallest absolute Gasteiger partial charge is 0.225 e. The molecular weight excluding hydrogens is 250 g/mol. The molecule has 0 heterocycles. The lowest BCUT2D eigenvalue weighted by Gasteiger charge is -2.20. The fourth-order valence-corrected chi connectivity index (χ4v) is 2.50. The fourth-order valence-electron chi connectivity index (χ4n) is 2.50. The van der Waals surface area contributed by atoms with Crippen molar-refractivity contribution < 1.29 is 13.6 Å². The molecule has 1 saturated carbocycles. The van der Waals surface area contributed by atoms with Crippen LogP contribution in [-0.2, 0) is 4.79 Å². The average Bonchev–Trinajstić information content (AvgIpc) is 2.79. The zero-order valence-electron chi connectivity index (χ0n) is 10.8. The molecule has 0 spiro atoms. The summed E-state index contributed by atoms with van der Waals surface area (Å²) >= 11 is 0. The van der Waals surface area contributed by atoms with Gasteiger partial charge in [-0.3, -0.25) is 4.79 Å². The van der Waals surface area contributed by atoms with Crippen LogP contribution in [0.5, 0.6) is 0 Å². The van der Waals surface area contributed by atoms with Crippen LogP contribution < -0.4 is 11.1 Å². The highest BCUT2D eigenvalue weighted by Crippen LogP contribution is 2.25. The van der Waals surface area contributed by atoms with Crippen molar-refractivity contribution in [2.75, 3.05) is 0 Å². The zero-order valence-corrected chi connectivity index (χ0v) is 10.8. The second kappa shape index (κ2) is 5.65. The molecular formula is C14H18F2N2O. The van der Waals surface area contributed by atoms with E-state index in [1.165, 1.54) is 6.07 Å². The highest BCUT2D eigenvalue weighted by Gasteiger charge is 2.30. The molecule has 0 bridgehead atoms. The standard InChI is InChI=1S/C14H18F2N2O/c1-8(9-5-6-11(15)12(16)7-9)18-14(19)10-3-2-4-13(10)17/h5-8,10,13H,2-4,17H2,1H3,(H,18,19). The van der Waals surface area contributed by atoms with Crippen molar-refractivity contribution in [1.29, 1.82) is 0 Å². The number of nitrogens with one attached hydrogen (secondary N) is 1. The summed E-state index contributed by atoms with van der Waals surface area (Å²) in [4.78, 5) is 12.0. The predicted octanol–water partition coefficient (Wildman–Crippen LogP) is 2.27. The van der Waals surface area contributed by atoms with E-state index in [1.54, 1.807) is 6.92 Å². The summed E-state index contributed by atoms with van der Waals surface area (Å²) in [6.45, 7) is 1.74. The molecule has 104 valence electrons. The van der Waals surface area contributed by atoms with Crippen molar-refractivity contribution in [3.05, 3.63) is 35.4 Å². The van der Waals surface area contributed by atoms with Crippen molar-refractivity contribution in [1.82, 2.24) is 5.32 Å². The van der Waals surface area contributed by atoms with Crippen LogP contribution in [0.3, 0.4) is 0 Å². The summed E-state index contributed by atoms with van der Waals surface area (Å²) in [5, 5.41) is 2.81. The van der Waals surface area contributed by atoms with Gasteiger partial charge in [-0.15, -0.1) is 0 Å². The Morgan fingerprint density at radius 1 is 1.37 bits per heavy atom. The molecule has 19 heavy (non-hydrogen) atoms. The van der Waals surface area contributed by atoms with Crippen molar-refractivity contribution in [2.45, 2.75) is 38.3 Å². The van der Waals surface area contributed by atoms with Gasteiger partial charge < -0.3 is 11.1 Å². The molecule has 1 amide bonds. The second-order valence-corrected chi connectivity index (χ2v) is 5.11. The van der Waals surface area contributed by atoms with E-state index in [4.69, 9.17) is 5.73 Å². The highest BCUT2D eigenvalue weighted by atomic mass is 19.2. The van der Waals surface area contributed by atoms with Gasteiger partial charge in [0.15, 0.2) is 11.6 Å². The van der Waals surface area contributed by atoms with Crippen LogP contribution >= 0.6 is 0 Å². The maximum Gasteiger partial charge on any atom is 0.225 e. The number of hydrogen-bond donors (Lipinski definition) is 2. The molecule has 1 fully saturated rings. The molecule has 3 nitrogen and oxygen atoms in total. The number of hydrogen-bond acceptors (Lipinski definition) is 2. The summed E-state index contributed by atoms with van der Waals surface area (Å²) < 4.78 is 26.0. The molecule has 3 unspecified atom stereocenters. The molecule has 0 radical (unpaired) electrons. The van der Waals surface area contributed by atoms with Crippen molar-refractivity contribution >= 4 is 5.91 Å².